The Bertz CT molecular complexity index is 530. The van der Waals surface area contributed by atoms with Crippen molar-refractivity contribution < 1.29 is 9.53 Å². The first kappa shape index (κ1) is 17.0. The molecule has 0 amide bonds. The third kappa shape index (κ3) is 6.75. The Kier molecular flexibility index (Phi) is 6.67. The van der Waals surface area contributed by atoms with E-state index < -0.39 is 0 Å². The number of aryl methyl sites for hydroxylation is 2. The van der Waals surface area contributed by atoms with E-state index in [0.717, 1.165) is 0 Å². The Labute approximate surface area is 127 Å². The van der Waals surface area contributed by atoms with Gasteiger partial charge in [0, 0.05) is 6.92 Å². The van der Waals surface area contributed by atoms with Crippen molar-refractivity contribution in [1.82, 2.24) is 0 Å². The van der Waals surface area contributed by atoms with E-state index >= 15 is 0 Å². The fourth-order valence-electron chi connectivity index (χ4n) is 1.72. The molecule has 2 aromatic rings. The summed E-state index contributed by atoms with van der Waals surface area (Å²) in [6.45, 7) is 9.84. The predicted octanol–water partition coefficient (Wildman–Crippen LogP) is 5.04. The van der Waals surface area contributed by atoms with E-state index in [0.29, 0.717) is 11.7 Å². The minimum atomic E-state index is -0.280. The van der Waals surface area contributed by atoms with E-state index in [2.05, 4.69) is 52.0 Å². The molecule has 0 fully saturated rings. The molecule has 112 valence electrons. The van der Waals surface area contributed by atoms with Gasteiger partial charge in [-0.2, -0.15) is 0 Å². The summed E-state index contributed by atoms with van der Waals surface area (Å²) in [5.74, 6) is 0.834. The second kappa shape index (κ2) is 8.25. The molecule has 0 aliphatic carbocycles. The van der Waals surface area contributed by atoms with Crippen LogP contribution in [0.15, 0.2) is 48.5 Å². The van der Waals surface area contributed by atoms with Gasteiger partial charge in [0.05, 0.1) is 0 Å². The van der Waals surface area contributed by atoms with Gasteiger partial charge in [0.25, 0.3) is 0 Å². The van der Waals surface area contributed by atoms with Gasteiger partial charge in [-0.15, -0.1) is 0 Å². The molecule has 0 aliphatic heterocycles. The molecular weight excluding hydrogens is 260 g/mol. The zero-order valence-electron chi connectivity index (χ0n) is 13.5. The van der Waals surface area contributed by atoms with E-state index in [1.807, 2.05) is 24.3 Å². The fraction of sp³-hybridized carbons (Fsp3) is 0.316. The summed E-state index contributed by atoms with van der Waals surface area (Å²) in [5, 5.41) is 0. The summed E-state index contributed by atoms with van der Waals surface area (Å²) in [7, 11) is 0. The Morgan fingerprint density at radius 3 is 1.62 bits per heavy atom. The largest absolute Gasteiger partial charge is 0.427 e. The van der Waals surface area contributed by atoms with Gasteiger partial charge in [0.2, 0.25) is 0 Å². The highest BCUT2D eigenvalue weighted by molar-refractivity contribution is 5.69. The van der Waals surface area contributed by atoms with Gasteiger partial charge in [-0.3, -0.25) is 4.79 Å². The smallest absolute Gasteiger partial charge is 0.308 e. The molecule has 21 heavy (non-hydrogen) atoms. The molecule has 0 atom stereocenters. The van der Waals surface area contributed by atoms with Crippen LogP contribution in [0.2, 0.25) is 0 Å². The van der Waals surface area contributed by atoms with Crippen LogP contribution in [0, 0.1) is 13.8 Å². The van der Waals surface area contributed by atoms with E-state index in [-0.39, 0.29) is 5.97 Å². The van der Waals surface area contributed by atoms with Crippen LogP contribution >= 0.6 is 0 Å². The van der Waals surface area contributed by atoms with E-state index in [1.165, 1.54) is 23.6 Å². The third-order valence-electron chi connectivity index (χ3n) is 3.03. The fourth-order valence-corrected chi connectivity index (χ4v) is 1.72. The maximum Gasteiger partial charge on any atom is 0.308 e. The summed E-state index contributed by atoms with van der Waals surface area (Å²) in [4.78, 5) is 10.6. The standard InChI is InChI=1S/C11H14O2.C8H10/c1-8(2)10-4-6-11(7-5-10)13-9(3)12;1-7-3-5-8(2)6-4-7/h4-8H,1-3H3;3-6H,1-2H3. The molecule has 2 nitrogen and oxygen atoms in total. The van der Waals surface area contributed by atoms with Crippen molar-refractivity contribution >= 4 is 5.97 Å². The van der Waals surface area contributed by atoms with Gasteiger partial charge in [-0.25, -0.2) is 0 Å². The third-order valence-corrected chi connectivity index (χ3v) is 3.03. The molecule has 0 heterocycles. The minimum Gasteiger partial charge on any atom is -0.427 e. The summed E-state index contributed by atoms with van der Waals surface area (Å²) in [5.41, 5.74) is 3.90. The van der Waals surface area contributed by atoms with Crippen LogP contribution in [0.4, 0.5) is 0 Å². The van der Waals surface area contributed by atoms with Crippen molar-refractivity contribution in [1.29, 1.82) is 0 Å². The lowest BCUT2D eigenvalue weighted by Crippen LogP contribution is -2.01. The molecule has 0 radical (unpaired) electrons. The predicted molar refractivity (Wildman–Crippen MR) is 87.8 cm³/mol. The van der Waals surface area contributed by atoms with E-state index in [4.69, 9.17) is 4.74 Å². The van der Waals surface area contributed by atoms with Crippen LogP contribution in [0.25, 0.3) is 0 Å². The molecule has 0 saturated heterocycles. The van der Waals surface area contributed by atoms with Crippen molar-refractivity contribution in [2.24, 2.45) is 0 Å². The second-order valence-electron chi connectivity index (χ2n) is 5.47. The molecule has 0 N–H and O–H groups in total. The number of rotatable bonds is 2. The summed E-state index contributed by atoms with van der Waals surface area (Å²) in [6.07, 6.45) is 0. The summed E-state index contributed by atoms with van der Waals surface area (Å²) < 4.78 is 4.91. The van der Waals surface area contributed by atoms with Crippen LogP contribution < -0.4 is 4.74 Å². The van der Waals surface area contributed by atoms with Gasteiger partial charge < -0.3 is 4.74 Å². The number of hydrogen-bond donors (Lipinski definition) is 0. The number of benzene rings is 2. The zero-order valence-corrected chi connectivity index (χ0v) is 13.5. The van der Waals surface area contributed by atoms with Crippen LogP contribution in [0.5, 0.6) is 5.75 Å². The molecule has 0 bridgehead atoms. The SMILES string of the molecule is CC(=O)Oc1ccc(C(C)C)cc1.Cc1ccc(C)cc1. The Morgan fingerprint density at radius 2 is 1.29 bits per heavy atom. The average Bonchev–Trinajstić information content (AvgIpc) is 2.43. The minimum absolute atomic E-state index is 0.280. The average molecular weight is 284 g/mol. The number of hydrogen-bond acceptors (Lipinski definition) is 2. The van der Waals surface area contributed by atoms with Crippen molar-refractivity contribution in [2.75, 3.05) is 0 Å². The van der Waals surface area contributed by atoms with Gasteiger partial charge >= 0.3 is 5.97 Å². The van der Waals surface area contributed by atoms with Crippen molar-refractivity contribution in [3.63, 3.8) is 0 Å². The quantitative estimate of drug-likeness (QED) is 0.570. The van der Waals surface area contributed by atoms with E-state index in [9.17, 15) is 4.79 Å². The maximum absolute atomic E-state index is 10.6. The normalized spacial score (nSPS) is 9.81. The van der Waals surface area contributed by atoms with Crippen LogP contribution in [0.1, 0.15) is 43.4 Å². The molecular formula is C19H24O2. The number of esters is 1. The van der Waals surface area contributed by atoms with Gasteiger partial charge in [0.15, 0.2) is 0 Å². The Balaban J connectivity index is 0.000000235. The first-order valence-corrected chi connectivity index (χ1v) is 7.20. The molecule has 2 aromatic carbocycles. The Hall–Kier alpha value is -2.09. The van der Waals surface area contributed by atoms with Crippen molar-refractivity contribution in [3.05, 3.63) is 65.2 Å². The highest BCUT2D eigenvalue weighted by atomic mass is 16.5. The highest BCUT2D eigenvalue weighted by Crippen LogP contribution is 2.18. The molecule has 2 heteroatoms. The van der Waals surface area contributed by atoms with Crippen LogP contribution in [-0.2, 0) is 4.79 Å². The van der Waals surface area contributed by atoms with Crippen LogP contribution in [0.3, 0.4) is 0 Å². The second-order valence-corrected chi connectivity index (χ2v) is 5.47. The molecule has 0 unspecified atom stereocenters. The Morgan fingerprint density at radius 1 is 0.857 bits per heavy atom. The number of carbonyl (C=O) groups is 1. The zero-order chi connectivity index (χ0) is 15.8. The lowest BCUT2D eigenvalue weighted by molar-refractivity contribution is -0.131. The van der Waals surface area contributed by atoms with Crippen LogP contribution in [-0.4, -0.2) is 5.97 Å². The number of ether oxygens (including phenoxy) is 1. The maximum atomic E-state index is 10.6. The first-order valence-electron chi connectivity index (χ1n) is 7.20. The van der Waals surface area contributed by atoms with Gasteiger partial charge in [-0.05, 0) is 37.5 Å². The summed E-state index contributed by atoms with van der Waals surface area (Å²) in [6, 6.07) is 16.1. The monoisotopic (exact) mass is 284 g/mol. The number of carbonyl (C=O) groups excluding carboxylic acids is 1. The van der Waals surface area contributed by atoms with Crippen molar-refractivity contribution in [2.45, 2.75) is 40.5 Å². The first-order chi connectivity index (χ1) is 9.88. The lowest BCUT2D eigenvalue weighted by Gasteiger charge is -2.06. The molecule has 2 rings (SSSR count). The van der Waals surface area contributed by atoms with Gasteiger partial charge in [-0.1, -0.05) is 61.4 Å². The van der Waals surface area contributed by atoms with Crippen molar-refractivity contribution in [3.8, 4) is 5.75 Å². The molecule has 0 aliphatic rings. The summed E-state index contributed by atoms with van der Waals surface area (Å²) >= 11 is 0. The molecule has 0 spiro atoms. The lowest BCUT2D eigenvalue weighted by atomic mass is 10.0. The van der Waals surface area contributed by atoms with Gasteiger partial charge in [0.1, 0.15) is 5.75 Å². The molecule has 0 aromatic heterocycles. The topological polar surface area (TPSA) is 26.3 Å². The highest BCUT2D eigenvalue weighted by Gasteiger charge is 2.00. The molecule has 0 saturated carbocycles. The van der Waals surface area contributed by atoms with E-state index in [1.54, 1.807) is 0 Å².